The van der Waals surface area contributed by atoms with E-state index in [4.69, 9.17) is 4.74 Å². The molecule has 1 aromatic heterocycles. The van der Waals surface area contributed by atoms with Crippen LogP contribution in [0.1, 0.15) is 59.7 Å². The molecule has 0 radical (unpaired) electrons. The Balaban J connectivity index is 1.99. The number of aryl methyl sites for hydroxylation is 2. The number of hydrogen-bond acceptors (Lipinski definition) is 3. The van der Waals surface area contributed by atoms with Gasteiger partial charge in [-0.15, -0.1) is 0 Å². The van der Waals surface area contributed by atoms with E-state index in [1.54, 1.807) is 6.92 Å². The molecule has 146 valence electrons. The first-order valence-corrected chi connectivity index (χ1v) is 9.15. The van der Waals surface area contributed by atoms with Crippen LogP contribution in [0.2, 0.25) is 0 Å². The fraction of sp³-hybridized carbons (Fsp3) is 0.429. The van der Waals surface area contributed by atoms with Crippen LogP contribution in [0.5, 0.6) is 5.75 Å². The van der Waals surface area contributed by atoms with Gasteiger partial charge in [0.15, 0.2) is 6.10 Å². The lowest BCUT2D eigenvalue weighted by Gasteiger charge is -2.17. The van der Waals surface area contributed by atoms with Gasteiger partial charge < -0.3 is 9.30 Å². The first-order valence-electron chi connectivity index (χ1n) is 9.15. The smallest absolute Gasteiger partial charge is 0.279 e. The predicted molar refractivity (Wildman–Crippen MR) is 106 cm³/mol. The highest BCUT2D eigenvalue weighted by Crippen LogP contribution is 2.22. The van der Waals surface area contributed by atoms with Crippen LogP contribution in [-0.4, -0.2) is 22.5 Å². The largest absolute Gasteiger partial charge is 0.481 e. The van der Waals surface area contributed by atoms with Crippen molar-refractivity contribution in [1.29, 1.82) is 0 Å². The molecule has 1 aromatic carbocycles. The molecule has 2 aromatic rings. The van der Waals surface area contributed by atoms with Crippen LogP contribution in [0.3, 0.4) is 0 Å². The van der Waals surface area contributed by atoms with Gasteiger partial charge in [-0.05, 0) is 71.7 Å². The Morgan fingerprint density at radius 2 is 1.70 bits per heavy atom. The molecule has 0 unspecified atom stereocenters. The van der Waals surface area contributed by atoms with Crippen molar-refractivity contribution in [2.24, 2.45) is 0 Å². The Hall–Kier alpha value is -2.76. The molecule has 0 saturated carbocycles. The Morgan fingerprint density at radius 3 is 2.30 bits per heavy atom. The Morgan fingerprint density at radius 1 is 1.04 bits per heavy atom. The number of benzene rings is 1. The Bertz CT molecular complexity index is 853. The summed E-state index contributed by atoms with van der Waals surface area (Å²) in [6, 6.07) is 7.78. The Kier molecular flexibility index (Phi) is 6.31. The zero-order valence-corrected chi connectivity index (χ0v) is 17.1. The summed E-state index contributed by atoms with van der Waals surface area (Å²) in [7, 11) is 0. The van der Waals surface area contributed by atoms with Crippen molar-refractivity contribution in [2.45, 2.75) is 60.6 Å². The average Bonchev–Trinajstić information content (AvgIpc) is 2.91. The third kappa shape index (κ3) is 4.51. The minimum Gasteiger partial charge on any atom is -0.481 e. The first-order chi connectivity index (χ1) is 12.6. The number of ether oxygens (including phenoxy) is 1. The summed E-state index contributed by atoms with van der Waals surface area (Å²) in [6.45, 7) is 13.6. The standard InChI is InChI=1S/C21H29N3O3/c1-12(2)24-14(4)11-18(16(24)6)21(26)23-22-20(25)17(7)27-19-10-8-9-13(3)15(19)5/h8-12,17H,1-7H3,(H,22,25)(H,23,26)/t17-/m0/s1. The third-order valence-corrected chi connectivity index (χ3v) is 4.77. The predicted octanol–water partition coefficient (Wildman–Crippen LogP) is 3.53. The monoisotopic (exact) mass is 371 g/mol. The van der Waals surface area contributed by atoms with E-state index in [1.807, 2.05) is 52.0 Å². The summed E-state index contributed by atoms with van der Waals surface area (Å²) < 4.78 is 7.82. The molecule has 6 heteroatoms. The van der Waals surface area contributed by atoms with Crippen LogP contribution in [0, 0.1) is 27.7 Å². The molecular weight excluding hydrogens is 342 g/mol. The van der Waals surface area contributed by atoms with Gasteiger partial charge in [0.05, 0.1) is 5.56 Å². The van der Waals surface area contributed by atoms with Gasteiger partial charge >= 0.3 is 0 Å². The maximum absolute atomic E-state index is 12.5. The molecule has 0 fully saturated rings. The molecule has 27 heavy (non-hydrogen) atoms. The lowest BCUT2D eigenvalue weighted by atomic mass is 10.1. The van der Waals surface area contributed by atoms with Crippen molar-refractivity contribution >= 4 is 11.8 Å². The fourth-order valence-electron chi connectivity index (χ4n) is 3.18. The zero-order valence-electron chi connectivity index (χ0n) is 17.1. The molecule has 0 saturated heterocycles. The van der Waals surface area contributed by atoms with Crippen LogP contribution in [-0.2, 0) is 4.79 Å². The van der Waals surface area contributed by atoms with Crippen molar-refractivity contribution < 1.29 is 14.3 Å². The molecule has 0 aliphatic carbocycles. The van der Waals surface area contributed by atoms with Gasteiger partial charge in [-0.2, -0.15) is 0 Å². The van der Waals surface area contributed by atoms with E-state index in [-0.39, 0.29) is 11.9 Å². The molecule has 0 aliphatic rings. The molecule has 2 amide bonds. The van der Waals surface area contributed by atoms with Gasteiger partial charge in [0.25, 0.3) is 11.8 Å². The SMILES string of the molecule is Cc1cccc(O[C@@H](C)C(=O)NNC(=O)c2cc(C)n(C(C)C)c2C)c1C. The first kappa shape index (κ1) is 20.6. The van der Waals surface area contributed by atoms with Gasteiger partial charge in [0, 0.05) is 17.4 Å². The number of nitrogens with zero attached hydrogens (tertiary/aromatic N) is 1. The fourth-order valence-corrected chi connectivity index (χ4v) is 3.18. The van der Waals surface area contributed by atoms with Crippen molar-refractivity contribution in [3.05, 3.63) is 52.3 Å². The molecule has 1 atom stereocenters. The number of hydrogen-bond donors (Lipinski definition) is 2. The topological polar surface area (TPSA) is 72.4 Å². The number of amides is 2. The summed E-state index contributed by atoms with van der Waals surface area (Å²) in [6.07, 6.45) is -0.742. The average molecular weight is 371 g/mol. The van der Waals surface area contributed by atoms with Gasteiger partial charge in [0.1, 0.15) is 5.75 Å². The number of nitrogens with one attached hydrogen (secondary N) is 2. The molecule has 6 nitrogen and oxygen atoms in total. The lowest BCUT2D eigenvalue weighted by molar-refractivity contribution is -0.128. The highest BCUT2D eigenvalue weighted by molar-refractivity contribution is 5.97. The van der Waals surface area contributed by atoms with E-state index in [0.717, 1.165) is 22.5 Å². The molecule has 0 bridgehead atoms. The molecular formula is C21H29N3O3. The zero-order chi connectivity index (χ0) is 20.3. The Labute approximate surface area is 160 Å². The van der Waals surface area contributed by atoms with E-state index in [9.17, 15) is 9.59 Å². The number of hydrazine groups is 1. The molecule has 0 aliphatic heterocycles. The van der Waals surface area contributed by atoms with Crippen molar-refractivity contribution in [2.75, 3.05) is 0 Å². The van der Waals surface area contributed by atoms with Crippen LogP contribution < -0.4 is 15.6 Å². The summed E-state index contributed by atoms with van der Waals surface area (Å²) in [5.74, 6) is -0.103. The van der Waals surface area contributed by atoms with Crippen LogP contribution in [0.15, 0.2) is 24.3 Å². The quantitative estimate of drug-likeness (QED) is 0.790. The van der Waals surface area contributed by atoms with Crippen LogP contribution in [0.25, 0.3) is 0 Å². The van der Waals surface area contributed by atoms with Crippen molar-refractivity contribution in [3.63, 3.8) is 0 Å². The van der Waals surface area contributed by atoms with Gasteiger partial charge in [-0.1, -0.05) is 12.1 Å². The summed E-state index contributed by atoms with van der Waals surface area (Å²) in [5, 5.41) is 0. The number of aromatic nitrogens is 1. The number of carbonyl (C=O) groups is 2. The summed E-state index contributed by atoms with van der Waals surface area (Å²) in [5.41, 5.74) is 9.43. The lowest BCUT2D eigenvalue weighted by Crippen LogP contribution is -2.47. The van der Waals surface area contributed by atoms with Gasteiger partial charge in [-0.25, -0.2) is 0 Å². The normalized spacial score (nSPS) is 12.0. The van der Waals surface area contributed by atoms with Crippen molar-refractivity contribution in [1.82, 2.24) is 15.4 Å². The highest BCUT2D eigenvalue weighted by Gasteiger charge is 2.20. The second kappa shape index (κ2) is 8.29. The van der Waals surface area contributed by atoms with E-state index in [2.05, 4.69) is 29.3 Å². The molecule has 1 heterocycles. The van der Waals surface area contributed by atoms with Crippen LogP contribution in [0.4, 0.5) is 0 Å². The molecule has 2 rings (SSSR count). The summed E-state index contributed by atoms with van der Waals surface area (Å²) >= 11 is 0. The minimum atomic E-state index is -0.742. The maximum Gasteiger partial charge on any atom is 0.279 e. The van der Waals surface area contributed by atoms with E-state index >= 15 is 0 Å². The summed E-state index contributed by atoms with van der Waals surface area (Å²) in [4.78, 5) is 24.7. The number of carbonyl (C=O) groups excluding carboxylic acids is 2. The molecule has 0 spiro atoms. The van der Waals surface area contributed by atoms with E-state index < -0.39 is 12.0 Å². The van der Waals surface area contributed by atoms with Crippen molar-refractivity contribution in [3.8, 4) is 5.75 Å². The molecule has 2 N–H and O–H groups in total. The van der Waals surface area contributed by atoms with Gasteiger partial charge in [0.2, 0.25) is 0 Å². The van der Waals surface area contributed by atoms with E-state index in [1.165, 1.54) is 0 Å². The minimum absolute atomic E-state index is 0.257. The second-order valence-corrected chi connectivity index (χ2v) is 7.15. The van der Waals surface area contributed by atoms with Gasteiger partial charge in [-0.3, -0.25) is 20.4 Å². The van der Waals surface area contributed by atoms with E-state index in [0.29, 0.717) is 11.3 Å². The second-order valence-electron chi connectivity index (χ2n) is 7.15. The maximum atomic E-state index is 12.5. The van der Waals surface area contributed by atoms with Crippen LogP contribution >= 0.6 is 0 Å². The third-order valence-electron chi connectivity index (χ3n) is 4.77. The number of rotatable bonds is 5. The highest BCUT2D eigenvalue weighted by atomic mass is 16.5.